The molecule has 0 bridgehead atoms. The highest BCUT2D eigenvalue weighted by molar-refractivity contribution is 5.90. The Balaban J connectivity index is 4.56. The van der Waals surface area contributed by atoms with Gasteiger partial charge in [-0.3, -0.25) is 14.4 Å². The van der Waals surface area contributed by atoms with E-state index >= 15 is 0 Å². The SMILES string of the molecule is C#CCCC(=O)N[C@@H](CCCCN)C(=O)N[C@@H](C)C(=O)O. The third-order valence-electron chi connectivity index (χ3n) is 2.82. The van der Waals surface area contributed by atoms with E-state index in [1.807, 2.05) is 0 Å². The van der Waals surface area contributed by atoms with E-state index in [2.05, 4.69) is 16.6 Å². The van der Waals surface area contributed by atoms with Crippen molar-refractivity contribution >= 4 is 17.8 Å². The molecule has 0 aliphatic heterocycles. The zero-order chi connectivity index (χ0) is 16.3. The second-order valence-corrected chi connectivity index (χ2v) is 4.68. The van der Waals surface area contributed by atoms with E-state index in [1.54, 1.807) is 0 Å². The first-order valence-electron chi connectivity index (χ1n) is 6.88. The van der Waals surface area contributed by atoms with Crippen LogP contribution in [0.1, 0.15) is 39.0 Å². The lowest BCUT2D eigenvalue weighted by atomic mass is 10.1. The van der Waals surface area contributed by atoms with E-state index in [9.17, 15) is 14.4 Å². The average Bonchev–Trinajstić information content (AvgIpc) is 2.43. The molecule has 0 spiro atoms. The van der Waals surface area contributed by atoms with Crippen LogP contribution in [0, 0.1) is 12.3 Å². The molecule has 7 nitrogen and oxygen atoms in total. The van der Waals surface area contributed by atoms with Gasteiger partial charge in [-0.25, -0.2) is 0 Å². The van der Waals surface area contributed by atoms with E-state index in [4.69, 9.17) is 17.3 Å². The van der Waals surface area contributed by atoms with Crippen molar-refractivity contribution in [3.63, 3.8) is 0 Å². The molecule has 2 atom stereocenters. The number of nitrogens with one attached hydrogen (secondary N) is 2. The van der Waals surface area contributed by atoms with Crippen molar-refractivity contribution in [3.05, 3.63) is 0 Å². The molecular weight excluding hydrogens is 274 g/mol. The second kappa shape index (κ2) is 10.7. The van der Waals surface area contributed by atoms with Crippen LogP contribution in [-0.4, -0.2) is 41.5 Å². The van der Waals surface area contributed by atoms with Crippen molar-refractivity contribution in [2.75, 3.05) is 6.54 Å². The predicted octanol–water partition coefficient (Wildman–Crippen LogP) is -0.397. The summed E-state index contributed by atoms with van der Waals surface area (Å²) in [6, 6.07) is -1.79. The highest BCUT2D eigenvalue weighted by atomic mass is 16.4. The topological polar surface area (TPSA) is 122 Å². The molecule has 0 aromatic heterocycles. The van der Waals surface area contributed by atoms with E-state index in [0.29, 0.717) is 19.4 Å². The highest BCUT2D eigenvalue weighted by Gasteiger charge is 2.23. The Labute approximate surface area is 124 Å². The summed E-state index contributed by atoms with van der Waals surface area (Å²) in [7, 11) is 0. The maximum Gasteiger partial charge on any atom is 0.325 e. The van der Waals surface area contributed by atoms with Crippen LogP contribution in [0.5, 0.6) is 0 Å². The fourth-order valence-electron chi connectivity index (χ4n) is 1.59. The summed E-state index contributed by atoms with van der Waals surface area (Å²) in [5, 5.41) is 13.7. The number of carboxylic acid groups (broad SMARTS) is 1. The van der Waals surface area contributed by atoms with Crippen molar-refractivity contribution in [3.8, 4) is 12.3 Å². The first-order chi connectivity index (χ1) is 9.92. The number of terminal acetylenes is 1. The van der Waals surface area contributed by atoms with Crippen molar-refractivity contribution in [2.24, 2.45) is 5.73 Å². The van der Waals surface area contributed by atoms with Crippen molar-refractivity contribution in [1.29, 1.82) is 0 Å². The van der Waals surface area contributed by atoms with Crippen LogP contribution in [0.25, 0.3) is 0 Å². The Kier molecular flexibility index (Phi) is 9.63. The minimum Gasteiger partial charge on any atom is -0.480 e. The number of nitrogens with two attached hydrogens (primary N) is 1. The molecule has 118 valence electrons. The van der Waals surface area contributed by atoms with E-state index in [-0.39, 0.29) is 18.7 Å². The third kappa shape index (κ3) is 8.65. The van der Waals surface area contributed by atoms with Gasteiger partial charge in [0, 0.05) is 12.8 Å². The molecule has 0 heterocycles. The number of carbonyl (C=O) groups excluding carboxylic acids is 2. The Hall–Kier alpha value is -2.07. The first-order valence-corrected chi connectivity index (χ1v) is 6.88. The fourth-order valence-corrected chi connectivity index (χ4v) is 1.59. The van der Waals surface area contributed by atoms with Gasteiger partial charge in [-0.05, 0) is 32.7 Å². The third-order valence-corrected chi connectivity index (χ3v) is 2.82. The number of rotatable bonds is 10. The van der Waals surface area contributed by atoms with Crippen molar-refractivity contribution in [1.82, 2.24) is 10.6 Å². The molecule has 2 amide bonds. The van der Waals surface area contributed by atoms with Crippen LogP contribution < -0.4 is 16.4 Å². The summed E-state index contributed by atoms with van der Waals surface area (Å²) in [4.78, 5) is 34.4. The van der Waals surface area contributed by atoms with Gasteiger partial charge in [0.15, 0.2) is 0 Å². The predicted molar refractivity (Wildman–Crippen MR) is 78.1 cm³/mol. The maximum absolute atomic E-state index is 12.0. The van der Waals surface area contributed by atoms with Crippen LogP contribution in [0.4, 0.5) is 0 Å². The fraction of sp³-hybridized carbons (Fsp3) is 0.643. The average molecular weight is 297 g/mol. The number of hydrogen-bond donors (Lipinski definition) is 4. The summed E-state index contributed by atoms with van der Waals surface area (Å²) in [5.74, 6) is 0.361. The number of carbonyl (C=O) groups is 3. The molecule has 0 aliphatic rings. The summed E-state index contributed by atoms with van der Waals surface area (Å²) < 4.78 is 0. The van der Waals surface area contributed by atoms with Gasteiger partial charge in [-0.15, -0.1) is 12.3 Å². The van der Waals surface area contributed by atoms with Crippen molar-refractivity contribution in [2.45, 2.75) is 51.1 Å². The minimum absolute atomic E-state index is 0.131. The zero-order valence-electron chi connectivity index (χ0n) is 12.2. The second-order valence-electron chi connectivity index (χ2n) is 4.68. The van der Waals surface area contributed by atoms with Gasteiger partial charge in [-0.1, -0.05) is 0 Å². The van der Waals surface area contributed by atoms with Crippen LogP contribution in [-0.2, 0) is 14.4 Å². The molecule has 21 heavy (non-hydrogen) atoms. The van der Waals surface area contributed by atoms with Crippen LogP contribution >= 0.6 is 0 Å². The molecule has 0 aromatic rings. The quantitative estimate of drug-likeness (QED) is 0.323. The molecule has 0 fully saturated rings. The largest absolute Gasteiger partial charge is 0.480 e. The summed E-state index contributed by atoms with van der Waals surface area (Å²) in [6.45, 7) is 1.85. The van der Waals surface area contributed by atoms with Gasteiger partial charge in [0.1, 0.15) is 12.1 Å². The molecular formula is C14H23N3O4. The summed E-state index contributed by atoms with van der Waals surface area (Å²) in [6.07, 6.45) is 7.27. The number of aliphatic carboxylic acids is 1. The maximum atomic E-state index is 12.0. The Bertz CT molecular complexity index is 404. The van der Waals surface area contributed by atoms with Gasteiger partial charge >= 0.3 is 5.97 Å². The Morgan fingerprint density at radius 2 is 1.95 bits per heavy atom. The van der Waals surface area contributed by atoms with Gasteiger partial charge in [-0.2, -0.15) is 0 Å². The zero-order valence-corrected chi connectivity index (χ0v) is 12.2. The normalized spacial score (nSPS) is 12.8. The number of amides is 2. The summed E-state index contributed by atoms with van der Waals surface area (Å²) in [5.41, 5.74) is 5.39. The van der Waals surface area contributed by atoms with Gasteiger partial charge in [0.05, 0.1) is 0 Å². The number of carboxylic acids is 1. The molecule has 0 saturated heterocycles. The first kappa shape index (κ1) is 18.9. The molecule has 0 radical (unpaired) electrons. The Morgan fingerprint density at radius 3 is 2.48 bits per heavy atom. The van der Waals surface area contributed by atoms with Gasteiger partial charge in [0.2, 0.25) is 11.8 Å². The van der Waals surface area contributed by atoms with E-state index in [1.165, 1.54) is 6.92 Å². The number of unbranched alkanes of at least 4 members (excludes halogenated alkanes) is 1. The highest BCUT2D eigenvalue weighted by Crippen LogP contribution is 2.03. The molecule has 0 saturated carbocycles. The lowest BCUT2D eigenvalue weighted by Gasteiger charge is -2.19. The number of hydrogen-bond acceptors (Lipinski definition) is 4. The monoisotopic (exact) mass is 297 g/mol. The molecule has 0 rings (SSSR count). The Morgan fingerprint density at radius 1 is 1.29 bits per heavy atom. The van der Waals surface area contributed by atoms with Crippen LogP contribution in [0.3, 0.4) is 0 Å². The summed E-state index contributed by atoms with van der Waals surface area (Å²) >= 11 is 0. The van der Waals surface area contributed by atoms with Crippen LogP contribution in [0.15, 0.2) is 0 Å². The minimum atomic E-state index is -1.14. The lowest BCUT2D eigenvalue weighted by Crippen LogP contribution is -2.50. The lowest BCUT2D eigenvalue weighted by molar-refractivity contribution is -0.141. The van der Waals surface area contributed by atoms with E-state index in [0.717, 1.165) is 6.42 Å². The van der Waals surface area contributed by atoms with Crippen molar-refractivity contribution < 1.29 is 19.5 Å². The van der Waals surface area contributed by atoms with E-state index < -0.39 is 24.0 Å². The molecule has 0 aliphatic carbocycles. The van der Waals surface area contributed by atoms with Gasteiger partial charge < -0.3 is 21.5 Å². The molecule has 0 unspecified atom stereocenters. The standard InChI is InChI=1S/C14H23N3O4/c1-3-4-8-12(18)17-11(7-5-6-9-15)13(19)16-10(2)14(20)21/h1,10-11H,4-9,15H2,2H3,(H,16,19)(H,17,18)(H,20,21)/t10-,11-/m0/s1. The molecule has 7 heteroatoms. The molecule has 5 N–H and O–H groups in total. The smallest absolute Gasteiger partial charge is 0.325 e. The van der Waals surface area contributed by atoms with Crippen LogP contribution in [0.2, 0.25) is 0 Å². The van der Waals surface area contributed by atoms with Gasteiger partial charge in [0.25, 0.3) is 0 Å². The molecule has 0 aromatic carbocycles.